The second-order valence-electron chi connectivity index (χ2n) is 9.79. The van der Waals surface area contributed by atoms with Crippen LogP contribution in [0.25, 0.3) is 11.3 Å². The molecule has 5 rings (SSSR count). The molecule has 33 heavy (non-hydrogen) atoms. The van der Waals surface area contributed by atoms with Gasteiger partial charge in [-0.1, -0.05) is 0 Å². The number of aromatic nitrogens is 3. The number of halogens is 3. The summed E-state index contributed by atoms with van der Waals surface area (Å²) in [5.41, 5.74) is 7.78. The molecule has 0 aromatic carbocycles. The molecule has 2 N–H and O–H groups in total. The number of hydrogen-bond acceptors (Lipinski definition) is 6. The van der Waals surface area contributed by atoms with Crippen LogP contribution in [-0.4, -0.2) is 57.9 Å². The Morgan fingerprint density at radius 3 is 2.58 bits per heavy atom. The molecule has 3 heterocycles. The lowest BCUT2D eigenvalue weighted by Gasteiger charge is -2.38. The van der Waals surface area contributed by atoms with E-state index in [0.29, 0.717) is 41.1 Å². The molecule has 5 atom stereocenters. The van der Waals surface area contributed by atoms with Gasteiger partial charge in [0.1, 0.15) is 0 Å². The van der Waals surface area contributed by atoms with Crippen LogP contribution in [0.15, 0.2) is 18.3 Å². The van der Waals surface area contributed by atoms with Crippen molar-refractivity contribution >= 4 is 5.82 Å². The maximum Gasteiger partial charge on any atom is 0.573 e. The van der Waals surface area contributed by atoms with E-state index >= 15 is 0 Å². The number of hydrogen-bond donors (Lipinski definition) is 1. The average molecular weight is 466 g/mol. The Hall–Kier alpha value is -2.33. The maximum atomic E-state index is 12.7. The highest BCUT2D eigenvalue weighted by molar-refractivity contribution is 5.64. The zero-order valence-electron chi connectivity index (χ0n) is 19.0. The van der Waals surface area contributed by atoms with E-state index < -0.39 is 12.1 Å². The summed E-state index contributed by atoms with van der Waals surface area (Å²) in [5, 5.41) is 4.73. The number of fused-ring (bicyclic) bond motifs is 1. The highest BCUT2D eigenvalue weighted by Gasteiger charge is 2.59. The Balaban J connectivity index is 1.36. The lowest BCUT2D eigenvalue weighted by molar-refractivity contribution is -0.274. The minimum atomic E-state index is -4.84. The highest BCUT2D eigenvalue weighted by atomic mass is 19.4. The van der Waals surface area contributed by atoms with Crippen molar-refractivity contribution in [2.45, 2.75) is 64.0 Å². The van der Waals surface area contributed by atoms with Crippen molar-refractivity contribution in [3.8, 4) is 17.0 Å². The number of nitrogen functional groups attached to an aromatic ring is 1. The van der Waals surface area contributed by atoms with Crippen molar-refractivity contribution in [3.63, 3.8) is 0 Å². The molecule has 3 aliphatic rings. The number of alkyl halides is 3. The molecule has 1 unspecified atom stereocenters. The van der Waals surface area contributed by atoms with Crippen molar-refractivity contribution in [2.75, 3.05) is 25.5 Å². The van der Waals surface area contributed by atoms with Gasteiger partial charge in [0.05, 0.1) is 18.9 Å². The van der Waals surface area contributed by atoms with E-state index in [4.69, 9.17) is 15.6 Å². The fraction of sp³-hybridized carbons (Fsp3) is 0.652. The molecule has 7 nitrogen and oxygen atoms in total. The number of nitrogens with zero attached hydrogens (tertiary/aromatic N) is 4. The van der Waals surface area contributed by atoms with E-state index in [-0.39, 0.29) is 11.9 Å². The predicted molar refractivity (Wildman–Crippen MR) is 117 cm³/mol. The summed E-state index contributed by atoms with van der Waals surface area (Å²) in [6, 6.07) is 4.46. The number of rotatable bonds is 5. The molecule has 2 aromatic rings. The molecule has 0 bridgehead atoms. The van der Waals surface area contributed by atoms with Crippen LogP contribution in [0.4, 0.5) is 19.0 Å². The maximum absolute atomic E-state index is 12.7. The van der Waals surface area contributed by atoms with Gasteiger partial charge in [0.25, 0.3) is 0 Å². The second-order valence-corrected chi connectivity index (χ2v) is 9.79. The summed E-state index contributed by atoms with van der Waals surface area (Å²) in [7, 11) is 0. The monoisotopic (exact) mass is 465 g/mol. The van der Waals surface area contributed by atoms with Gasteiger partial charge in [0, 0.05) is 48.0 Å². The third-order valence-corrected chi connectivity index (χ3v) is 7.31. The summed E-state index contributed by atoms with van der Waals surface area (Å²) in [4.78, 5) is 6.50. The first-order chi connectivity index (χ1) is 15.6. The minimum absolute atomic E-state index is 0.137. The largest absolute Gasteiger partial charge is 0.573 e. The van der Waals surface area contributed by atoms with E-state index in [1.165, 1.54) is 25.1 Å². The first kappa shape index (κ1) is 22.5. The van der Waals surface area contributed by atoms with E-state index in [1.54, 1.807) is 0 Å². The lowest BCUT2D eigenvalue weighted by atomic mass is 10.0. The molecule has 2 aliphatic carbocycles. The Morgan fingerprint density at radius 1 is 1.21 bits per heavy atom. The van der Waals surface area contributed by atoms with Crippen LogP contribution in [0, 0.1) is 11.8 Å². The standard InChI is InChI=1S/C23H30F3N5O2/c1-12(2)31-19(21-16-7-15(8-17(16)21)30-4-5-32-11-13(30)3)9-18(29-31)14-6-20(22(27)28-10-14)33-23(24,25)26/h6,9-10,12-13,15-17,21H,4-5,7-8,11H2,1-3H3,(H2,27,28)/t13-,15?,16-,17+,21+/m0/s1. The van der Waals surface area contributed by atoms with Crippen LogP contribution in [0.3, 0.4) is 0 Å². The third-order valence-electron chi connectivity index (χ3n) is 7.31. The average Bonchev–Trinajstić information content (AvgIpc) is 3.09. The van der Waals surface area contributed by atoms with Crippen LogP contribution >= 0.6 is 0 Å². The fourth-order valence-electron chi connectivity index (χ4n) is 5.82. The smallest absolute Gasteiger partial charge is 0.402 e. The van der Waals surface area contributed by atoms with Gasteiger partial charge in [-0.05, 0) is 57.6 Å². The van der Waals surface area contributed by atoms with E-state index in [9.17, 15) is 13.2 Å². The van der Waals surface area contributed by atoms with Gasteiger partial charge in [-0.3, -0.25) is 9.58 Å². The number of nitrogens with two attached hydrogens (primary N) is 1. The number of anilines is 1. The van der Waals surface area contributed by atoms with Crippen LogP contribution in [0.2, 0.25) is 0 Å². The zero-order chi connectivity index (χ0) is 23.5. The van der Waals surface area contributed by atoms with E-state index in [2.05, 4.69) is 35.4 Å². The quantitative estimate of drug-likeness (QED) is 0.713. The Bertz CT molecular complexity index is 1010. The first-order valence-corrected chi connectivity index (χ1v) is 11.6. The molecule has 1 aliphatic heterocycles. The van der Waals surface area contributed by atoms with Gasteiger partial charge >= 0.3 is 6.36 Å². The van der Waals surface area contributed by atoms with Gasteiger partial charge in [-0.2, -0.15) is 5.10 Å². The van der Waals surface area contributed by atoms with Gasteiger partial charge in [-0.25, -0.2) is 4.98 Å². The molecule has 10 heteroatoms. The van der Waals surface area contributed by atoms with E-state index in [0.717, 1.165) is 25.5 Å². The lowest BCUT2D eigenvalue weighted by Crippen LogP contribution is -2.49. The Morgan fingerprint density at radius 2 is 1.94 bits per heavy atom. The second kappa shape index (κ2) is 8.16. The zero-order valence-corrected chi connectivity index (χ0v) is 19.0. The van der Waals surface area contributed by atoms with Crippen LogP contribution in [0.5, 0.6) is 5.75 Å². The molecule has 0 radical (unpaired) electrons. The molecule has 2 aromatic heterocycles. The van der Waals surface area contributed by atoms with E-state index in [1.807, 2.05) is 10.7 Å². The third kappa shape index (κ3) is 4.30. The Kier molecular flexibility index (Phi) is 5.55. The molecule has 180 valence electrons. The summed E-state index contributed by atoms with van der Waals surface area (Å²) < 4.78 is 49.8. The number of pyridine rings is 1. The topological polar surface area (TPSA) is 78.4 Å². The van der Waals surface area contributed by atoms with Crippen LogP contribution in [-0.2, 0) is 4.74 Å². The number of ether oxygens (including phenoxy) is 2. The molecule has 3 fully saturated rings. The van der Waals surface area contributed by atoms with Crippen molar-refractivity contribution in [1.29, 1.82) is 0 Å². The van der Waals surface area contributed by atoms with Crippen molar-refractivity contribution in [1.82, 2.24) is 19.7 Å². The summed E-state index contributed by atoms with van der Waals surface area (Å²) >= 11 is 0. The molecule has 2 saturated carbocycles. The van der Waals surface area contributed by atoms with Crippen LogP contribution in [0.1, 0.15) is 51.3 Å². The summed E-state index contributed by atoms with van der Waals surface area (Å²) in [6.45, 7) is 8.97. The predicted octanol–water partition coefficient (Wildman–Crippen LogP) is 4.22. The minimum Gasteiger partial charge on any atom is -0.402 e. The van der Waals surface area contributed by atoms with Crippen molar-refractivity contribution in [2.24, 2.45) is 11.8 Å². The van der Waals surface area contributed by atoms with Gasteiger partial charge in [0.15, 0.2) is 11.6 Å². The molecule has 0 amide bonds. The fourth-order valence-corrected chi connectivity index (χ4v) is 5.82. The van der Waals surface area contributed by atoms with Gasteiger partial charge in [-0.15, -0.1) is 13.2 Å². The Labute approximate surface area is 191 Å². The molecule has 1 saturated heterocycles. The van der Waals surface area contributed by atoms with Gasteiger partial charge < -0.3 is 15.2 Å². The van der Waals surface area contributed by atoms with Crippen LogP contribution < -0.4 is 10.5 Å². The normalized spacial score (nSPS) is 30.0. The molecular formula is C23H30F3N5O2. The molecule has 0 spiro atoms. The summed E-state index contributed by atoms with van der Waals surface area (Å²) in [6.07, 6.45) is -1.05. The van der Waals surface area contributed by atoms with Gasteiger partial charge in [0.2, 0.25) is 0 Å². The first-order valence-electron chi connectivity index (χ1n) is 11.6. The van der Waals surface area contributed by atoms with Crippen molar-refractivity contribution < 1.29 is 22.6 Å². The van der Waals surface area contributed by atoms with Crippen molar-refractivity contribution in [3.05, 3.63) is 24.0 Å². The summed E-state index contributed by atoms with van der Waals surface area (Å²) in [5.74, 6) is 0.876. The SMILES string of the molecule is CC(C)n1nc(-c2cnc(N)c(OC(F)(F)F)c2)cc1[C@H]1[C@@H]2CC(N3CCOC[C@@H]3C)C[C@@H]21. The number of morpholine rings is 1. The molecular weight excluding hydrogens is 435 g/mol. The highest BCUT2D eigenvalue weighted by Crippen LogP contribution is 2.64.